The number of carbonyl (C=O) groups is 1. The van der Waals surface area contributed by atoms with Gasteiger partial charge in [0.05, 0.1) is 40.1 Å². The maximum absolute atomic E-state index is 13.2. The van der Waals surface area contributed by atoms with E-state index in [2.05, 4.69) is 61.4 Å². The monoisotopic (exact) mass is 1160 g/mol. The summed E-state index contributed by atoms with van der Waals surface area (Å²) < 4.78 is 92.2. The highest BCUT2D eigenvalue weighted by Gasteiger charge is 2.32. The van der Waals surface area contributed by atoms with Crippen LogP contribution in [0.2, 0.25) is 0 Å². The van der Waals surface area contributed by atoms with Crippen LogP contribution >= 0.6 is 0 Å². The normalized spacial score (nSPS) is 14.0. The Morgan fingerprint density at radius 1 is 0.682 bits per heavy atom. The summed E-state index contributed by atoms with van der Waals surface area (Å²) in [5, 5.41) is 17.6. The van der Waals surface area contributed by atoms with E-state index in [9.17, 15) is 31.1 Å². The Morgan fingerprint density at radius 3 is 1.76 bits per heavy atom. The number of nitrogens with one attached hydrogen (secondary N) is 4. The highest BCUT2D eigenvalue weighted by Crippen LogP contribution is 2.39. The number of aromatic amines is 3. The van der Waals surface area contributed by atoms with E-state index in [1.165, 1.54) is 24.3 Å². The van der Waals surface area contributed by atoms with Crippen molar-refractivity contribution in [2.45, 2.75) is 119 Å². The van der Waals surface area contributed by atoms with Crippen molar-refractivity contribution in [2.24, 2.45) is 0 Å². The quantitative estimate of drug-likeness (QED) is 0.0812. The summed E-state index contributed by atoms with van der Waals surface area (Å²) in [5.74, 6) is 1.05. The van der Waals surface area contributed by atoms with Gasteiger partial charge in [-0.25, -0.2) is 19.4 Å². The summed E-state index contributed by atoms with van der Waals surface area (Å²) in [6, 6.07) is 22.2. The Hall–Kier alpha value is -8.69. The fourth-order valence-electron chi connectivity index (χ4n) is 10.5. The standard InChI is InChI=1S/C37H41F3N6O3.C27H25F3N6/c1-7-45(35(47)49-36(4,5)6)21-26-19-41-20-29(22(26)2)25-13-16-30-28(18-25)33(44-46(30)31-10-8-9-17-48-31)34-42-23(3)32(43-34)24-11-14-27(15-12-24)37(38,39)40;1-4-31-12-19-13-32-14-22(15(19)2)18-7-10-23-21(11-18)25(36-35-23)26-33-16(3)24(34-26)17-5-8-20(9-6-17)27(28,29)30/h11-16,18-20,31H,7-10,17,21H2,1-6H3,(H,42,43);5-11,13-14,31H,4,12H2,1-3H3,(H,33,34)(H,35,36). The van der Waals surface area contributed by atoms with Crippen LogP contribution in [-0.4, -0.2) is 86.2 Å². The predicted molar refractivity (Wildman–Crippen MR) is 316 cm³/mol. The molecule has 4 aromatic carbocycles. The zero-order valence-corrected chi connectivity index (χ0v) is 48.7. The maximum Gasteiger partial charge on any atom is 0.416 e. The smallest absolute Gasteiger partial charge is 0.416 e. The van der Waals surface area contributed by atoms with Crippen molar-refractivity contribution >= 4 is 27.9 Å². The first-order valence-electron chi connectivity index (χ1n) is 28.2. The van der Waals surface area contributed by atoms with Crippen molar-refractivity contribution in [1.29, 1.82) is 0 Å². The molecular weight excluding hydrogens is 1100 g/mol. The molecule has 1 aliphatic heterocycles. The zero-order valence-electron chi connectivity index (χ0n) is 48.7. The summed E-state index contributed by atoms with van der Waals surface area (Å²) in [4.78, 5) is 39.7. The number of H-pyrrole nitrogens is 3. The molecule has 7 heterocycles. The molecule has 0 spiro atoms. The molecule has 15 nitrogen and oxygen atoms in total. The van der Waals surface area contributed by atoms with Crippen molar-refractivity contribution in [2.75, 3.05) is 19.7 Å². The molecule has 1 amide bonds. The SMILES string of the molecule is CCN(Cc1cncc(-c2ccc3c(c2)c(-c2nc(-c4ccc(C(F)(F)F)cc4)c(C)[nH]2)nn3C2CCCCO2)c1C)C(=O)OC(C)(C)C.CCNCc1cncc(-c2ccc3[nH]nc(-c4nc(-c5ccc(C(F)(F)F)cc5)c(C)[nH]4)c3c2)c1C. The fraction of sp³-hybridized carbons (Fsp3) is 0.328. The Morgan fingerprint density at radius 2 is 1.22 bits per heavy atom. The molecule has 0 saturated carbocycles. The molecule has 1 atom stereocenters. The molecule has 6 aromatic heterocycles. The van der Waals surface area contributed by atoms with Crippen LogP contribution in [0.25, 0.3) is 89.6 Å². The Labute approximate surface area is 487 Å². The highest BCUT2D eigenvalue weighted by molar-refractivity contribution is 5.96. The number of halogens is 6. The van der Waals surface area contributed by atoms with Gasteiger partial charge in [-0.05, 0) is 163 Å². The minimum atomic E-state index is -4.42. The van der Waals surface area contributed by atoms with Crippen molar-refractivity contribution in [3.63, 3.8) is 0 Å². The minimum Gasteiger partial charge on any atom is -0.444 e. The third-order valence-electron chi connectivity index (χ3n) is 15.1. The summed E-state index contributed by atoms with van der Waals surface area (Å²) >= 11 is 0. The van der Waals surface area contributed by atoms with Crippen LogP contribution in [-0.2, 0) is 34.9 Å². The van der Waals surface area contributed by atoms with E-state index in [1.807, 2.05) is 96.0 Å². The second-order valence-corrected chi connectivity index (χ2v) is 22.2. The average Bonchev–Trinajstić information content (AvgIpc) is 3.89. The number of amides is 1. The van der Waals surface area contributed by atoms with Gasteiger partial charge < -0.3 is 29.7 Å². The molecule has 21 heteroatoms. The molecule has 442 valence electrons. The number of carbonyl (C=O) groups excluding carboxylic acids is 1. The van der Waals surface area contributed by atoms with Crippen LogP contribution in [0.5, 0.6) is 0 Å². The summed E-state index contributed by atoms with van der Waals surface area (Å²) in [7, 11) is 0. The number of ether oxygens (including phenoxy) is 2. The zero-order chi connectivity index (χ0) is 60.5. The van der Waals surface area contributed by atoms with E-state index in [4.69, 9.17) is 24.5 Å². The summed E-state index contributed by atoms with van der Waals surface area (Å²) in [6.07, 6.45) is 0.769. The molecule has 4 N–H and O–H groups in total. The number of imidazole rings is 2. The number of fused-ring (bicyclic) bond motifs is 2. The Balaban J connectivity index is 0.000000198. The number of aromatic nitrogens is 10. The summed E-state index contributed by atoms with van der Waals surface area (Å²) in [5.41, 5.74) is 12.8. The van der Waals surface area contributed by atoms with Gasteiger partial charge >= 0.3 is 18.4 Å². The van der Waals surface area contributed by atoms with E-state index >= 15 is 0 Å². The number of hydrogen-bond acceptors (Lipinski definition) is 10. The molecule has 0 radical (unpaired) electrons. The van der Waals surface area contributed by atoms with E-state index in [0.29, 0.717) is 70.9 Å². The third-order valence-corrected chi connectivity index (χ3v) is 15.1. The van der Waals surface area contributed by atoms with Crippen LogP contribution in [0, 0.1) is 27.7 Å². The molecular formula is C64H66F6N12O3. The van der Waals surface area contributed by atoms with Crippen LogP contribution < -0.4 is 5.32 Å². The van der Waals surface area contributed by atoms with Gasteiger partial charge in [0.15, 0.2) is 17.9 Å². The molecule has 85 heavy (non-hydrogen) atoms. The minimum absolute atomic E-state index is 0.235. The maximum atomic E-state index is 13.2. The highest BCUT2D eigenvalue weighted by atomic mass is 19.4. The number of pyridine rings is 2. The van der Waals surface area contributed by atoms with Crippen molar-refractivity contribution in [1.82, 2.24) is 60.1 Å². The number of nitrogens with zero attached hydrogens (tertiary/aromatic N) is 8. The Kier molecular flexibility index (Phi) is 16.9. The van der Waals surface area contributed by atoms with Crippen molar-refractivity contribution < 1.29 is 40.6 Å². The average molecular weight is 1170 g/mol. The molecule has 11 rings (SSSR count). The van der Waals surface area contributed by atoms with Crippen molar-refractivity contribution in [3.8, 4) is 67.8 Å². The molecule has 1 fully saturated rings. The van der Waals surface area contributed by atoms with E-state index in [1.54, 1.807) is 11.1 Å². The largest absolute Gasteiger partial charge is 0.444 e. The van der Waals surface area contributed by atoms with Gasteiger partial charge in [0.1, 0.15) is 17.0 Å². The van der Waals surface area contributed by atoms with E-state index in [-0.39, 0.29) is 12.3 Å². The lowest BCUT2D eigenvalue weighted by atomic mass is 9.97. The lowest BCUT2D eigenvalue weighted by Crippen LogP contribution is -2.36. The van der Waals surface area contributed by atoms with Crippen LogP contribution in [0.15, 0.2) is 110 Å². The Bertz CT molecular complexity index is 4020. The molecule has 0 aliphatic carbocycles. The van der Waals surface area contributed by atoms with Gasteiger partial charge in [0, 0.05) is 88.9 Å². The van der Waals surface area contributed by atoms with E-state index < -0.39 is 29.1 Å². The first-order valence-corrected chi connectivity index (χ1v) is 28.2. The van der Waals surface area contributed by atoms with Crippen LogP contribution in [0.4, 0.5) is 31.1 Å². The molecule has 1 unspecified atom stereocenters. The number of aryl methyl sites for hydroxylation is 2. The second kappa shape index (κ2) is 24.1. The number of hydrogen-bond donors (Lipinski definition) is 4. The lowest BCUT2D eigenvalue weighted by molar-refractivity contribution is -0.138. The van der Waals surface area contributed by atoms with E-state index in [0.717, 1.165) is 129 Å². The van der Waals surface area contributed by atoms with Gasteiger partial charge in [-0.1, -0.05) is 43.3 Å². The van der Waals surface area contributed by atoms with Gasteiger partial charge in [-0.2, -0.15) is 36.5 Å². The van der Waals surface area contributed by atoms with Gasteiger partial charge in [0.25, 0.3) is 0 Å². The van der Waals surface area contributed by atoms with Gasteiger partial charge in [0.2, 0.25) is 0 Å². The first-order chi connectivity index (χ1) is 40.5. The topological polar surface area (TPSA) is 180 Å². The molecule has 0 bridgehead atoms. The van der Waals surface area contributed by atoms with Crippen molar-refractivity contribution in [3.05, 3.63) is 154 Å². The van der Waals surface area contributed by atoms with Gasteiger partial charge in [-0.15, -0.1) is 0 Å². The first kappa shape index (κ1) is 59.5. The predicted octanol–water partition coefficient (Wildman–Crippen LogP) is 15.7. The summed E-state index contributed by atoms with van der Waals surface area (Å²) in [6.45, 7) is 20.4. The van der Waals surface area contributed by atoms with Crippen LogP contribution in [0.3, 0.4) is 0 Å². The number of alkyl halides is 6. The number of benzene rings is 4. The molecule has 10 aromatic rings. The van der Waals surface area contributed by atoms with Gasteiger partial charge in [-0.3, -0.25) is 15.1 Å². The molecule has 1 aliphatic rings. The molecule has 1 saturated heterocycles. The second-order valence-electron chi connectivity index (χ2n) is 22.2. The van der Waals surface area contributed by atoms with Crippen LogP contribution in [0.1, 0.15) is 105 Å². The lowest BCUT2D eigenvalue weighted by Gasteiger charge is -2.27. The number of rotatable bonds is 13. The third kappa shape index (κ3) is 12.9. The fourth-order valence-corrected chi connectivity index (χ4v) is 10.5.